The average molecular weight is 352 g/mol. The molecule has 0 saturated carbocycles. The predicted molar refractivity (Wildman–Crippen MR) is 74.7 cm³/mol. The fourth-order valence-electron chi connectivity index (χ4n) is 1.49. The first-order chi connectivity index (χ1) is 9.40. The standard InChI is InChI=1S/C12H14F5NOS.ClH/c13-7-8(14)10(16)12(11(17)9(7)15)19-4-2-1-3-6(18)5-20;/h6,20H,1-5,18H2;1H/t6-;/m0./s1. The first-order valence-corrected chi connectivity index (χ1v) is 6.54. The maximum atomic E-state index is 13.2. The lowest BCUT2D eigenvalue weighted by atomic mass is 10.1. The minimum absolute atomic E-state index is 0. The molecule has 0 radical (unpaired) electrons. The smallest absolute Gasteiger partial charge is 0.206 e. The van der Waals surface area contributed by atoms with Crippen molar-refractivity contribution in [2.24, 2.45) is 5.73 Å². The molecule has 0 spiro atoms. The van der Waals surface area contributed by atoms with Crippen LogP contribution in [0.1, 0.15) is 19.3 Å². The average Bonchev–Trinajstić information content (AvgIpc) is 2.45. The Bertz CT molecular complexity index is 448. The van der Waals surface area contributed by atoms with Crippen LogP contribution in [-0.4, -0.2) is 18.4 Å². The van der Waals surface area contributed by atoms with Gasteiger partial charge in [0.1, 0.15) is 0 Å². The molecule has 0 aromatic heterocycles. The zero-order chi connectivity index (χ0) is 15.3. The van der Waals surface area contributed by atoms with Crippen LogP contribution in [0.25, 0.3) is 0 Å². The van der Waals surface area contributed by atoms with E-state index in [2.05, 4.69) is 17.4 Å². The van der Waals surface area contributed by atoms with Gasteiger partial charge in [0, 0.05) is 11.8 Å². The summed E-state index contributed by atoms with van der Waals surface area (Å²) in [4.78, 5) is 0. The fourth-order valence-corrected chi connectivity index (χ4v) is 1.67. The number of hydrogen-bond acceptors (Lipinski definition) is 3. The quantitative estimate of drug-likeness (QED) is 0.259. The molecule has 1 aromatic carbocycles. The molecule has 1 atom stereocenters. The molecule has 21 heavy (non-hydrogen) atoms. The Balaban J connectivity index is 0.00000400. The molecular formula is C12H15ClF5NOS. The largest absolute Gasteiger partial charge is 0.487 e. The van der Waals surface area contributed by atoms with E-state index >= 15 is 0 Å². The fraction of sp³-hybridized carbons (Fsp3) is 0.500. The van der Waals surface area contributed by atoms with Crippen molar-refractivity contribution in [1.82, 2.24) is 0 Å². The van der Waals surface area contributed by atoms with Crippen molar-refractivity contribution >= 4 is 25.0 Å². The highest BCUT2D eigenvalue weighted by molar-refractivity contribution is 7.80. The number of unbranched alkanes of at least 4 members (excludes halogenated alkanes) is 1. The SMILES string of the molecule is Cl.N[C@H](CS)CCCCOc1c(F)c(F)c(F)c(F)c1F. The molecule has 122 valence electrons. The lowest BCUT2D eigenvalue weighted by Crippen LogP contribution is -2.21. The second-order valence-corrected chi connectivity index (χ2v) is 4.55. The summed E-state index contributed by atoms with van der Waals surface area (Å²) in [5.41, 5.74) is 5.59. The second-order valence-electron chi connectivity index (χ2n) is 4.19. The molecule has 0 saturated heterocycles. The van der Waals surface area contributed by atoms with Crippen molar-refractivity contribution in [3.05, 3.63) is 29.1 Å². The van der Waals surface area contributed by atoms with Crippen molar-refractivity contribution < 1.29 is 26.7 Å². The van der Waals surface area contributed by atoms with E-state index < -0.39 is 34.8 Å². The summed E-state index contributed by atoms with van der Waals surface area (Å²) < 4.78 is 69.6. The van der Waals surface area contributed by atoms with Crippen LogP contribution in [0.2, 0.25) is 0 Å². The summed E-state index contributed by atoms with van der Waals surface area (Å²) in [6.07, 6.45) is 1.60. The van der Waals surface area contributed by atoms with Gasteiger partial charge in [0.15, 0.2) is 5.75 Å². The van der Waals surface area contributed by atoms with Crippen molar-refractivity contribution in [3.63, 3.8) is 0 Å². The third-order valence-electron chi connectivity index (χ3n) is 2.62. The number of hydrogen-bond donors (Lipinski definition) is 2. The van der Waals surface area contributed by atoms with Crippen LogP contribution in [0.4, 0.5) is 22.0 Å². The van der Waals surface area contributed by atoms with Crippen LogP contribution in [-0.2, 0) is 0 Å². The number of ether oxygens (including phenoxy) is 1. The number of halogens is 6. The zero-order valence-electron chi connectivity index (χ0n) is 10.8. The van der Waals surface area contributed by atoms with Gasteiger partial charge in [-0.3, -0.25) is 0 Å². The van der Waals surface area contributed by atoms with E-state index in [4.69, 9.17) is 5.73 Å². The summed E-state index contributed by atoms with van der Waals surface area (Å²) in [7, 11) is 0. The molecule has 0 bridgehead atoms. The van der Waals surface area contributed by atoms with E-state index in [-0.39, 0.29) is 25.1 Å². The first kappa shape index (κ1) is 20.3. The summed E-state index contributed by atoms with van der Waals surface area (Å²) in [6, 6.07) is -0.104. The third-order valence-corrected chi connectivity index (χ3v) is 3.09. The van der Waals surface area contributed by atoms with E-state index in [1.54, 1.807) is 0 Å². The Labute approximate surface area is 130 Å². The summed E-state index contributed by atoms with van der Waals surface area (Å²) in [5, 5.41) is 0. The molecule has 1 aromatic rings. The molecule has 0 unspecified atom stereocenters. The van der Waals surface area contributed by atoms with E-state index in [1.807, 2.05) is 0 Å². The number of nitrogens with two attached hydrogens (primary N) is 1. The number of benzene rings is 1. The van der Waals surface area contributed by atoms with Gasteiger partial charge in [-0.05, 0) is 19.3 Å². The van der Waals surface area contributed by atoms with Crippen molar-refractivity contribution in [2.45, 2.75) is 25.3 Å². The highest BCUT2D eigenvalue weighted by Crippen LogP contribution is 2.29. The molecule has 9 heteroatoms. The highest BCUT2D eigenvalue weighted by atomic mass is 35.5. The molecule has 2 nitrogen and oxygen atoms in total. The Hall–Kier alpha value is -0.730. The summed E-state index contributed by atoms with van der Waals surface area (Å²) in [5.74, 6) is -10.9. The van der Waals surface area contributed by atoms with Gasteiger partial charge in [-0.25, -0.2) is 13.2 Å². The molecule has 0 aliphatic carbocycles. The van der Waals surface area contributed by atoms with Crippen molar-refractivity contribution in [3.8, 4) is 5.75 Å². The molecule has 0 amide bonds. The molecule has 1 rings (SSSR count). The molecular weight excluding hydrogens is 337 g/mol. The van der Waals surface area contributed by atoms with Crippen molar-refractivity contribution in [2.75, 3.05) is 12.4 Å². The minimum atomic E-state index is -2.20. The molecule has 0 fully saturated rings. The normalized spacial score (nSPS) is 12.0. The van der Waals surface area contributed by atoms with Crippen molar-refractivity contribution in [1.29, 1.82) is 0 Å². The minimum Gasteiger partial charge on any atom is -0.487 e. The van der Waals surface area contributed by atoms with Gasteiger partial charge in [-0.1, -0.05) is 0 Å². The van der Waals surface area contributed by atoms with Crippen LogP contribution in [0.15, 0.2) is 0 Å². The topological polar surface area (TPSA) is 35.2 Å². The summed E-state index contributed by atoms with van der Waals surface area (Å²) >= 11 is 3.98. The van der Waals surface area contributed by atoms with E-state index in [0.29, 0.717) is 25.0 Å². The third kappa shape index (κ3) is 5.19. The van der Waals surface area contributed by atoms with E-state index in [0.717, 1.165) is 0 Å². The molecule has 2 N–H and O–H groups in total. The zero-order valence-corrected chi connectivity index (χ0v) is 12.6. The second kappa shape index (κ2) is 9.32. The predicted octanol–water partition coefficient (Wildman–Crippen LogP) is 3.61. The van der Waals surface area contributed by atoms with Crippen LogP contribution < -0.4 is 10.5 Å². The van der Waals surface area contributed by atoms with Crippen LogP contribution in [0.3, 0.4) is 0 Å². The number of thiol groups is 1. The Morgan fingerprint density at radius 3 is 1.86 bits per heavy atom. The van der Waals surface area contributed by atoms with Gasteiger partial charge in [0.05, 0.1) is 6.61 Å². The summed E-state index contributed by atoms with van der Waals surface area (Å²) in [6.45, 7) is -0.169. The highest BCUT2D eigenvalue weighted by Gasteiger charge is 2.26. The van der Waals surface area contributed by atoms with Crippen LogP contribution >= 0.6 is 25.0 Å². The Morgan fingerprint density at radius 1 is 0.905 bits per heavy atom. The molecule has 0 aliphatic heterocycles. The van der Waals surface area contributed by atoms with Crippen LogP contribution in [0.5, 0.6) is 5.75 Å². The number of rotatable bonds is 7. The lowest BCUT2D eigenvalue weighted by molar-refractivity contribution is 0.255. The molecule has 0 aliphatic rings. The van der Waals surface area contributed by atoms with E-state index in [9.17, 15) is 22.0 Å². The van der Waals surface area contributed by atoms with E-state index in [1.165, 1.54) is 0 Å². The van der Waals surface area contributed by atoms with Crippen LogP contribution in [0, 0.1) is 29.1 Å². The maximum Gasteiger partial charge on any atom is 0.206 e. The van der Waals surface area contributed by atoms with Gasteiger partial charge < -0.3 is 10.5 Å². The van der Waals surface area contributed by atoms with Gasteiger partial charge in [0.2, 0.25) is 29.1 Å². The molecule has 0 heterocycles. The van der Waals surface area contributed by atoms with Gasteiger partial charge in [0.25, 0.3) is 0 Å². The Kier molecular flexibility index (Phi) is 9.00. The van der Waals surface area contributed by atoms with Gasteiger partial charge in [-0.15, -0.1) is 12.4 Å². The first-order valence-electron chi connectivity index (χ1n) is 5.90. The van der Waals surface area contributed by atoms with Gasteiger partial charge >= 0.3 is 0 Å². The maximum absolute atomic E-state index is 13.2. The monoisotopic (exact) mass is 351 g/mol. The van der Waals surface area contributed by atoms with Gasteiger partial charge in [-0.2, -0.15) is 21.4 Å². The Morgan fingerprint density at radius 2 is 1.38 bits per heavy atom. The lowest BCUT2D eigenvalue weighted by Gasteiger charge is -2.11.